The average molecular weight is 327 g/mol. The fourth-order valence-electron chi connectivity index (χ4n) is 3.79. The van der Waals surface area contributed by atoms with E-state index in [0.29, 0.717) is 5.92 Å². The van der Waals surface area contributed by atoms with Crippen molar-refractivity contribution in [1.82, 2.24) is 20.6 Å². The highest BCUT2D eigenvalue weighted by molar-refractivity contribution is 5.82. The van der Waals surface area contributed by atoms with Crippen molar-refractivity contribution in [2.75, 3.05) is 31.1 Å². The van der Waals surface area contributed by atoms with Gasteiger partial charge in [0.2, 0.25) is 11.9 Å². The first-order valence-electron chi connectivity index (χ1n) is 9.00. The molecule has 0 aliphatic carbocycles. The van der Waals surface area contributed by atoms with Crippen LogP contribution in [0.25, 0.3) is 11.0 Å². The van der Waals surface area contributed by atoms with Gasteiger partial charge in [-0.15, -0.1) is 0 Å². The summed E-state index contributed by atoms with van der Waals surface area (Å²) in [6.45, 7) is 3.68. The van der Waals surface area contributed by atoms with Gasteiger partial charge in [-0.05, 0) is 50.3 Å². The molecule has 3 heterocycles. The number of aromatic nitrogens is 2. The van der Waals surface area contributed by atoms with Gasteiger partial charge in [0.05, 0.1) is 17.1 Å². The summed E-state index contributed by atoms with van der Waals surface area (Å²) in [4.78, 5) is 22.6. The number of nitrogens with one attached hydrogen (secondary N) is 3. The molecule has 2 aromatic rings. The fraction of sp³-hybridized carbons (Fsp3) is 0.556. The van der Waals surface area contributed by atoms with Gasteiger partial charge >= 0.3 is 0 Å². The van der Waals surface area contributed by atoms with E-state index in [2.05, 4.69) is 26.6 Å². The fourth-order valence-corrected chi connectivity index (χ4v) is 3.79. The first-order valence-corrected chi connectivity index (χ1v) is 9.00. The molecule has 0 radical (unpaired) electrons. The zero-order valence-corrected chi connectivity index (χ0v) is 13.9. The van der Waals surface area contributed by atoms with E-state index in [0.717, 1.165) is 68.8 Å². The lowest BCUT2D eigenvalue weighted by Gasteiger charge is -2.32. The van der Waals surface area contributed by atoms with Gasteiger partial charge in [-0.3, -0.25) is 4.79 Å². The summed E-state index contributed by atoms with van der Waals surface area (Å²) in [6, 6.07) is 8.14. The number of amides is 1. The minimum atomic E-state index is 0.0140. The number of nitrogens with zero attached hydrogens (tertiary/aromatic N) is 2. The van der Waals surface area contributed by atoms with Gasteiger partial charge in [0.15, 0.2) is 0 Å². The molecule has 2 atom stereocenters. The Balaban J connectivity index is 1.35. The minimum absolute atomic E-state index is 0.0140. The lowest BCUT2D eigenvalue weighted by Crippen LogP contribution is -2.45. The van der Waals surface area contributed by atoms with Crippen LogP contribution in [-0.2, 0) is 4.79 Å². The van der Waals surface area contributed by atoms with Gasteiger partial charge in [-0.2, -0.15) is 0 Å². The molecular formula is C18H25N5O. The number of hydrogen-bond donors (Lipinski definition) is 3. The van der Waals surface area contributed by atoms with Crippen molar-refractivity contribution in [2.24, 2.45) is 5.92 Å². The topological polar surface area (TPSA) is 73.0 Å². The standard InChI is InChI=1S/C18H25N5O/c24-17(16-8-3-9-19-16)20-11-13-5-4-10-23(12-13)18-21-14-6-1-2-7-15(14)22-18/h1-2,6-7,13,16,19H,3-5,8-12H2,(H,20,24)(H,21,22). The molecule has 2 aliphatic heterocycles. The number of piperidine rings is 1. The molecular weight excluding hydrogens is 302 g/mol. The van der Waals surface area contributed by atoms with Gasteiger partial charge in [-0.1, -0.05) is 12.1 Å². The van der Waals surface area contributed by atoms with Crippen LogP contribution in [-0.4, -0.2) is 48.1 Å². The van der Waals surface area contributed by atoms with E-state index in [1.165, 1.54) is 0 Å². The minimum Gasteiger partial charge on any atom is -0.354 e. The summed E-state index contributed by atoms with van der Waals surface area (Å²) in [6.07, 6.45) is 4.36. The Morgan fingerprint density at radius 3 is 3.04 bits per heavy atom. The lowest BCUT2D eigenvalue weighted by atomic mass is 9.98. The van der Waals surface area contributed by atoms with Crippen molar-refractivity contribution < 1.29 is 4.79 Å². The van der Waals surface area contributed by atoms with E-state index in [1.807, 2.05) is 18.2 Å². The van der Waals surface area contributed by atoms with Gasteiger partial charge < -0.3 is 20.5 Å². The smallest absolute Gasteiger partial charge is 0.237 e. The van der Waals surface area contributed by atoms with Crippen molar-refractivity contribution in [3.8, 4) is 0 Å². The number of aromatic amines is 1. The Morgan fingerprint density at radius 1 is 1.29 bits per heavy atom. The molecule has 3 N–H and O–H groups in total. The molecule has 2 saturated heterocycles. The molecule has 4 rings (SSSR count). The van der Waals surface area contributed by atoms with Crippen LogP contribution in [0.1, 0.15) is 25.7 Å². The highest BCUT2D eigenvalue weighted by Crippen LogP contribution is 2.23. The maximum absolute atomic E-state index is 12.2. The van der Waals surface area contributed by atoms with E-state index in [1.54, 1.807) is 0 Å². The second-order valence-corrected chi connectivity index (χ2v) is 6.93. The van der Waals surface area contributed by atoms with Gasteiger partial charge in [0.25, 0.3) is 0 Å². The first-order chi connectivity index (χ1) is 11.8. The summed E-state index contributed by atoms with van der Waals surface area (Å²) in [7, 11) is 0. The Bertz CT molecular complexity index is 673. The third kappa shape index (κ3) is 3.24. The number of H-pyrrole nitrogens is 1. The largest absolute Gasteiger partial charge is 0.354 e. The third-order valence-electron chi connectivity index (χ3n) is 5.14. The summed E-state index contributed by atoms with van der Waals surface area (Å²) in [5.74, 6) is 1.59. The summed E-state index contributed by atoms with van der Waals surface area (Å²) < 4.78 is 0. The van der Waals surface area contributed by atoms with E-state index in [-0.39, 0.29) is 11.9 Å². The summed E-state index contributed by atoms with van der Waals surface area (Å²) in [5.41, 5.74) is 2.09. The molecule has 6 nitrogen and oxygen atoms in total. The number of fused-ring (bicyclic) bond motifs is 1. The maximum Gasteiger partial charge on any atom is 0.237 e. The van der Waals surface area contributed by atoms with E-state index >= 15 is 0 Å². The summed E-state index contributed by atoms with van der Waals surface area (Å²) >= 11 is 0. The third-order valence-corrected chi connectivity index (χ3v) is 5.14. The molecule has 0 spiro atoms. The van der Waals surface area contributed by atoms with Crippen molar-refractivity contribution in [1.29, 1.82) is 0 Å². The van der Waals surface area contributed by atoms with E-state index in [9.17, 15) is 4.79 Å². The molecule has 128 valence electrons. The molecule has 24 heavy (non-hydrogen) atoms. The van der Waals surface area contributed by atoms with Crippen LogP contribution in [0.5, 0.6) is 0 Å². The van der Waals surface area contributed by atoms with Gasteiger partial charge in [0, 0.05) is 19.6 Å². The zero-order chi connectivity index (χ0) is 16.4. The number of benzene rings is 1. The number of imidazole rings is 1. The van der Waals surface area contributed by atoms with Crippen LogP contribution < -0.4 is 15.5 Å². The molecule has 2 unspecified atom stereocenters. The highest BCUT2D eigenvalue weighted by Gasteiger charge is 2.25. The molecule has 2 fully saturated rings. The van der Waals surface area contributed by atoms with Crippen molar-refractivity contribution in [2.45, 2.75) is 31.7 Å². The molecule has 0 saturated carbocycles. The van der Waals surface area contributed by atoms with Crippen molar-refractivity contribution in [3.05, 3.63) is 24.3 Å². The van der Waals surface area contributed by atoms with Crippen molar-refractivity contribution >= 4 is 22.9 Å². The molecule has 2 aliphatic rings. The Labute approximate surface area is 142 Å². The van der Waals surface area contributed by atoms with Gasteiger partial charge in [-0.25, -0.2) is 4.98 Å². The average Bonchev–Trinajstić information content (AvgIpc) is 3.29. The second kappa shape index (κ2) is 6.81. The van der Waals surface area contributed by atoms with Gasteiger partial charge in [0.1, 0.15) is 0 Å². The monoisotopic (exact) mass is 327 g/mol. The Morgan fingerprint density at radius 2 is 2.21 bits per heavy atom. The Kier molecular flexibility index (Phi) is 4.38. The molecule has 6 heteroatoms. The number of para-hydroxylation sites is 2. The molecule has 1 aromatic carbocycles. The highest BCUT2D eigenvalue weighted by atomic mass is 16.2. The number of carbonyl (C=O) groups is 1. The van der Waals surface area contributed by atoms with Crippen molar-refractivity contribution in [3.63, 3.8) is 0 Å². The SMILES string of the molecule is O=C(NCC1CCCN(c2nc3ccccc3[nH]2)C1)C1CCCN1. The van der Waals surface area contributed by atoms with Crippen LogP contribution in [0.2, 0.25) is 0 Å². The number of anilines is 1. The predicted molar refractivity (Wildman–Crippen MR) is 95.1 cm³/mol. The van der Waals surface area contributed by atoms with Crippen LogP contribution in [0.3, 0.4) is 0 Å². The van der Waals surface area contributed by atoms with Crippen LogP contribution in [0.15, 0.2) is 24.3 Å². The second-order valence-electron chi connectivity index (χ2n) is 6.93. The number of hydrogen-bond acceptors (Lipinski definition) is 4. The summed E-state index contributed by atoms with van der Waals surface area (Å²) in [5, 5.41) is 6.39. The molecule has 1 amide bonds. The quantitative estimate of drug-likeness (QED) is 0.798. The van der Waals surface area contributed by atoms with E-state index < -0.39 is 0 Å². The number of rotatable bonds is 4. The first kappa shape index (κ1) is 15.4. The Hall–Kier alpha value is -2.08. The van der Waals surface area contributed by atoms with Crippen LogP contribution in [0, 0.1) is 5.92 Å². The zero-order valence-electron chi connectivity index (χ0n) is 13.9. The normalized spacial score (nSPS) is 24.4. The van der Waals surface area contributed by atoms with Crippen LogP contribution in [0.4, 0.5) is 5.95 Å². The van der Waals surface area contributed by atoms with Crippen LogP contribution >= 0.6 is 0 Å². The maximum atomic E-state index is 12.2. The molecule has 1 aromatic heterocycles. The lowest BCUT2D eigenvalue weighted by molar-refractivity contribution is -0.122. The van der Waals surface area contributed by atoms with E-state index in [4.69, 9.17) is 4.98 Å². The molecule has 0 bridgehead atoms. The predicted octanol–water partition coefficient (Wildman–Crippen LogP) is 1.65. The number of carbonyl (C=O) groups excluding carboxylic acids is 1.